The number of hydrogen-bond acceptors (Lipinski definition) is 2. The maximum atomic E-state index is 9.86. The standard InChI is InChI=1S/C48H31NO/c1-3-12-36-29-39(21-19-32(36)9-1)34-23-26-41(27-24-34)49(42-15-7-14-38(31-42)40-22-20-33-10-2-4-13-37(33)30-40)45-17-8-18-46-47(45)44-28-25-35-11-5-6-16-43(35)48(44)50-46/h1-31H/i1D,3D,7D,9D,12D,14D,15D,19D,21D,23D,24D,26D,27D,29D,31D. The Morgan fingerprint density at radius 3 is 2.10 bits per heavy atom. The van der Waals surface area contributed by atoms with Crippen molar-refractivity contribution in [2.45, 2.75) is 0 Å². The summed E-state index contributed by atoms with van der Waals surface area (Å²) in [4.78, 5) is 1.21. The van der Waals surface area contributed by atoms with Crippen molar-refractivity contribution >= 4 is 71.3 Å². The van der Waals surface area contributed by atoms with Crippen molar-refractivity contribution in [3.8, 4) is 22.3 Å². The highest BCUT2D eigenvalue weighted by Gasteiger charge is 2.21. The van der Waals surface area contributed by atoms with Gasteiger partial charge in [-0.1, -0.05) is 133 Å². The Bertz CT molecular complexity index is 3720. The van der Waals surface area contributed by atoms with Gasteiger partial charge in [0.2, 0.25) is 0 Å². The Hall–Kier alpha value is -6.64. The molecule has 2 nitrogen and oxygen atoms in total. The second-order valence-electron chi connectivity index (χ2n) is 11.8. The second-order valence-corrected chi connectivity index (χ2v) is 11.8. The highest BCUT2D eigenvalue weighted by Crippen LogP contribution is 2.45. The number of anilines is 3. The van der Waals surface area contributed by atoms with E-state index in [0.29, 0.717) is 27.5 Å². The molecule has 10 aromatic rings. The molecule has 0 saturated carbocycles. The van der Waals surface area contributed by atoms with Crippen LogP contribution in [-0.4, -0.2) is 0 Å². The molecule has 234 valence electrons. The van der Waals surface area contributed by atoms with Crippen molar-refractivity contribution < 1.29 is 25.0 Å². The van der Waals surface area contributed by atoms with Gasteiger partial charge in [-0.15, -0.1) is 0 Å². The van der Waals surface area contributed by atoms with Crippen LogP contribution in [0.4, 0.5) is 17.1 Å². The molecule has 0 aliphatic heterocycles. The van der Waals surface area contributed by atoms with Gasteiger partial charge in [0, 0.05) is 22.1 Å². The van der Waals surface area contributed by atoms with Crippen LogP contribution < -0.4 is 4.90 Å². The Morgan fingerprint density at radius 1 is 0.440 bits per heavy atom. The van der Waals surface area contributed by atoms with Crippen molar-refractivity contribution in [1.82, 2.24) is 0 Å². The van der Waals surface area contributed by atoms with Gasteiger partial charge in [0.25, 0.3) is 0 Å². The van der Waals surface area contributed by atoms with Crippen LogP contribution in [0, 0.1) is 0 Å². The quantitative estimate of drug-likeness (QED) is 0.184. The van der Waals surface area contributed by atoms with Crippen molar-refractivity contribution in [3.63, 3.8) is 0 Å². The lowest BCUT2D eigenvalue weighted by Gasteiger charge is -2.27. The lowest BCUT2D eigenvalue weighted by Crippen LogP contribution is -2.10. The molecule has 1 aromatic heterocycles. The van der Waals surface area contributed by atoms with Gasteiger partial charge in [-0.3, -0.25) is 0 Å². The maximum Gasteiger partial charge on any atom is 0.143 e. The van der Waals surface area contributed by atoms with Crippen LogP contribution in [-0.2, 0) is 0 Å². The lowest BCUT2D eigenvalue weighted by molar-refractivity contribution is 0.672. The summed E-state index contributed by atoms with van der Waals surface area (Å²) < 4.78 is 143. The van der Waals surface area contributed by atoms with Gasteiger partial charge in [0.05, 0.1) is 31.6 Å². The molecule has 2 heteroatoms. The fourth-order valence-electron chi connectivity index (χ4n) is 6.46. The van der Waals surface area contributed by atoms with Gasteiger partial charge in [0.1, 0.15) is 11.2 Å². The summed E-state index contributed by atoms with van der Waals surface area (Å²) in [7, 11) is 0. The van der Waals surface area contributed by atoms with E-state index in [-0.39, 0.29) is 16.9 Å². The minimum atomic E-state index is -0.793. The van der Waals surface area contributed by atoms with Crippen molar-refractivity contribution in [2.24, 2.45) is 0 Å². The smallest absolute Gasteiger partial charge is 0.143 e. The Labute approximate surface area is 311 Å². The van der Waals surface area contributed by atoms with E-state index in [0.717, 1.165) is 21.5 Å². The third-order valence-corrected chi connectivity index (χ3v) is 8.82. The number of fused-ring (bicyclic) bond motifs is 7. The fraction of sp³-hybridized carbons (Fsp3) is 0. The first-order chi connectivity index (χ1) is 31.0. The Kier molecular flexibility index (Phi) is 3.95. The molecular formula is C48H31NO. The largest absolute Gasteiger partial charge is 0.455 e. The van der Waals surface area contributed by atoms with Crippen LogP contribution in [0.5, 0.6) is 0 Å². The maximum absolute atomic E-state index is 9.86. The summed E-state index contributed by atoms with van der Waals surface area (Å²) in [5, 5.41) is 3.45. The molecule has 0 aliphatic rings. The molecule has 0 aliphatic carbocycles. The van der Waals surface area contributed by atoms with E-state index in [1.54, 1.807) is 30.3 Å². The third-order valence-electron chi connectivity index (χ3n) is 8.82. The van der Waals surface area contributed by atoms with Gasteiger partial charge in [-0.25, -0.2) is 0 Å². The van der Waals surface area contributed by atoms with E-state index in [1.807, 2.05) is 66.7 Å². The molecule has 9 aromatic carbocycles. The topological polar surface area (TPSA) is 16.4 Å². The molecule has 0 saturated heterocycles. The van der Waals surface area contributed by atoms with Crippen molar-refractivity contribution in [1.29, 1.82) is 0 Å². The van der Waals surface area contributed by atoms with Gasteiger partial charge in [-0.2, -0.15) is 0 Å². The minimum absolute atomic E-state index is 0.0276. The van der Waals surface area contributed by atoms with Gasteiger partial charge >= 0.3 is 0 Å². The van der Waals surface area contributed by atoms with E-state index in [9.17, 15) is 9.60 Å². The van der Waals surface area contributed by atoms with Crippen LogP contribution in [0.2, 0.25) is 0 Å². The summed E-state index contributed by atoms with van der Waals surface area (Å²) in [6, 6.07) is 18.9. The molecule has 0 atom stereocenters. The highest BCUT2D eigenvalue weighted by molar-refractivity contribution is 6.19. The summed E-state index contributed by atoms with van der Waals surface area (Å²) in [5.74, 6) is 0. The summed E-state index contributed by atoms with van der Waals surface area (Å²) in [5.41, 5.74) is -0.655. The van der Waals surface area contributed by atoms with Crippen molar-refractivity contribution in [2.75, 3.05) is 4.90 Å². The van der Waals surface area contributed by atoms with Crippen LogP contribution in [0.1, 0.15) is 20.6 Å². The molecule has 0 fully saturated rings. The zero-order chi connectivity index (χ0) is 46.1. The molecule has 0 unspecified atom stereocenters. The molecule has 50 heavy (non-hydrogen) atoms. The normalized spacial score (nSPS) is 15.8. The van der Waals surface area contributed by atoms with Crippen LogP contribution in [0.3, 0.4) is 0 Å². The van der Waals surface area contributed by atoms with Crippen LogP contribution in [0.15, 0.2) is 192 Å². The summed E-state index contributed by atoms with van der Waals surface area (Å²) in [6.45, 7) is 0. The Morgan fingerprint density at radius 2 is 1.20 bits per heavy atom. The first kappa shape index (κ1) is 17.1. The zero-order valence-corrected chi connectivity index (χ0v) is 26.1. The van der Waals surface area contributed by atoms with Crippen LogP contribution in [0.25, 0.3) is 76.5 Å². The molecule has 0 bridgehead atoms. The van der Waals surface area contributed by atoms with Gasteiger partial charge in [-0.05, 0) is 104 Å². The van der Waals surface area contributed by atoms with E-state index in [4.69, 9.17) is 15.4 Å². The molecular weight excluding hydrogens is 607 g/mol. The first-order valence-electron chi connectivity index (χ1n) is 23.4. The number of rotatable bonds is 5. The van der Waals surface area contributed by atoms with E-state index in [1.165, 1.54) is 4.90 Å². The number of furan rings is 1. The van der Waals surface area contributed by atoms with Gasteiger partial charge in [0.15, 0.2) is 0 Å². The van der Waals surface area contributed by atoms with Crippen LogP contribution >= 0.6 is 0 Å². The Balaban J connectivity index is 1.33. The lowest BCUT2D eigenvalue weighted by atomic mass is 9.99. The van der Waals surface area contributed by atoms with Gasteiger partial charge < -0.3 is 9.32 Å². The van der Waals surface area contributed by atoms with Crippen molar-refractivity contribution in [3.05, 3.63) is 188 Å². The fourth-order valence-corrected chi connectivity index (χ4v) is 6.46. The summed E-state index contributed by atoms with van der Waals surface area (Å²) in [6.07, 6.45) is 0. The highest BCUT2D eigenvalue weighted by atomic mass is 16.3. The molecule has 0 spiro atoms. The first-order valence-corrected chi connectivity index (χ1v) is 15.9. The molecule has 0 N–H and O–H groups in total. The minimum Gasteiger partial charge on any atom is -0.455 e. The molecule has 10 rings (SSSR count). The molecule has 0 radical (unpaired) electrons. The average molecular weight is 653 g/mol. The number of hydrogen-bond donors (Lipinski definition) is 0. The summed E-state index contributed by atoms with van der Waals surface area (Å²) >= 11 is 0. The SMILES string of the molecule is [2H]c1c([2H])c(-c2ccc3ccccc3c2)c([2H])c(N(c2c([2H])c([2H])c(-c3c([2H])c([2H])c4c([2H])c([2H])c([2H])c([2H])c4c3[2H])c([2H])c2[2H])c2cccc3oc4c5ccccc5ccc4c23)c1[2H]. The average Bonchev–Trinajstić information content (AvgIpc) is 3.70. The number of nitrogens with zero attached hydrogens (tertiary/aromatic N) is 1. The molecule has 1 heterocycles. The second kappa shape index (κ2) is 11.5. The van der Waals surface area contributed by atoms with E-state index in [2.05, 4.69) is 0 Å². The third kappa shape index (κ3) is 4.73. The number of benzene rings is 9. The zero-order valence-electron chi connectivity index (χ0n) is 41.1. The predicted octanol–water partition coefficient (Wildman–Crippen LogP) is 13.8. The monoisotopic (exact) mass is 652 g/mol. The van der Waals surface area contributed by atoms with E-state index >= 15 is 0 Å². The molecule has 0 amide bonds. The predicted molar refractivity (Wildman–Crippen MR) is 212 cm³/mol. The van der Waals surface area contributed by atoms with E-state index < -0.39 is 118 Å².